The third kappa shape index (κ3) is 2.27. The van der Waals surface area contributed by atoms with E-state index >= 15 is 0 Å². The van der Waals surface area contributed by atoms with Crippen LogP contribution in [0.1, 0.15) is 17.3 Å². The van der Waals surface area contributed by atoms with Crippen molar-refractivity contribution in [3.05, 3.63) is 23.9 Å². The summed E-state index contributed by atoms with van der Waals surface area (Å²) in [5, 5.41) is 9.07. The van der Waals surface area contributed by atoms with E-state index in [9.17, 15) is 9.59 Å². The Kier molecular flexibility index (Phi) is 3.18. The molecule has 3 N–H and O–H groups in total. The fourth-order valence-corrected chi connectivity index (χ4v) is 2.22. The van der Waals surface area contributed by atoms with E-state index < -0.39 is 17.8 Å². The van der Waals surface area contributed by atoms with Gasteiger partial charge in [0.25, 0.3) is 0 Å². The second-order valence-corrected chi connectivity index (χ2v) is 4.59. The molecular weight excluding hydrogens is 234 g/mol. The monoisotopic (exact) mass is 249 g/mol. The average Bonchev–Trinajstić information content (AvgIpc) is 2.71. The Balaban J connectivity index is 2.21. The molecule has 1 aliphatic heterocycles. The molecule has 1 fully saturated rings. The number of hydrogen-bond donors (Lipinski definition) is 2. The number of pyridine rings is 1. The van der Waals surface area contributed by atoms with E-state index in [4.69, 9.17) is 10.8 Å². The smallest absolute Gasteiger partial charge is 0.308 e. The number of amides is 1. The van der Waals surface area contributed by atoms with Crippen LogP contribution >= 0.6 is 0 Å². The first-order valence-corrected chi connectivity index (χ1v) is 5.72. The topological polar surface area (TPSA) is 96.5 Å². The normalized spacial score (nSPS) is 23.1. The summed E-state index contributed by atoms with van der Waals surface area (Å²) in [6.45, 7) is 2.93. The van der Waals surface area contributed by atoms with Crippen molar-refractivity contribution in [2.45, 2.75) is 6.92 Å². The lowest BCUT2D eigenvalue weighted by atomic mass is 9.99. The summed E-state index contributed by atoms with van der Waals surface area (Å²) in [6, 6.07) is 3.14. The van der Waals surface area contributed by atoms with Gasteiger partial charge in [-0.05, 0) is 18.1 Å². The number of hydrogen-bond acceptors (Lipinski definition) is 4. The molecule has 0 saturated carbocycles. The molecule has 0 unspecified atom stereocenters. The molecule has 0 spiro atoms. The molecule has 96 valence electrons. The van der Waals surface area contributed by atoms with Crippen LogP contribution in [-0.2, 0) is 4.79 Å². The van der Waals surface area contributed by atoms with Crippen LogP contribution in [0.2, 0.25) is 0 Å². The number of carbonyl (C=O) groups excluding carboxylic acids is 1. The largest absolute Gasteiger partial charge is 0.481 e. The molecule has 1 aliphatic rings. The van der Waals surface area contributed by atoms with Gasteiger partial charge in [0, 0.05) is 24.8 Å². The molecule has 18 heavy (non-hydrogen) atoms. The number of carboxylic acid groups (broad SMARTS) is 1. The molecule has 6 nitrogen and oxygen atoms in total. The molecule has 0 aliphatic carbocycles. The van der Waals surface area contributed by atoms with Gasteiger partial charge in [-0.25, -0.2) is 4.98 Å². The number of aromatic nitrogens is 1. The Labute approximate surface area is 104 Å². The molecule has 2 heterocycles. The quantitative estimate of drug-likeness (QED) is 0.805. The Bertz CT molecular complexity index is 489. The number of nitrogens with two attached hydrogens (primary N) is 1. The number of rotatable bonds is 3. The van der Waals surface area contributed by atoms with Crippen molar-refractivity contribution >= 4 is 17.7 Å². The maximum Gasteiger partial charge on any atom is 0.308 e. The van der Waals surface area contributed by atoms with Gasteiger partial charge in [-0.2, -0.15) is 0 Å². The fraction of sp³-hybridized carbons (Fsp3) is 0.417. The van der Waals surface area contributed by atoms with Crippen molar-refractivity contribution in [1.82, 2.24) is 4.98 Å². The van der Waals surface area contributed by atoms with E-state index in [2.05, 4.69) is 4.98 Å². The Morgan fingerprint density at radius 2 is 2.22 bits per heavy atom. The summed E-state index contributed by atoms with van der Waals surface area (Å²) in [7, 11) is 0. The molecule has 1 aromatic heterocycles. The van der Waals surface area contributed by atoms with Crippen molar-refractivity contribution in [1.29, 1.82) is 0 Å². The van der Waals surface area contributed by atoms with Crippen LogP contribution in [-0.4, -0.2) is 35.1 Å². The zero-order chi connectivity index (χ0) is 13.3. The minimum absolute atomic E-state index is 0.0570. The number of nitrogens with zero attached hydrogens (tertiary/aromatic N) is 2. The zero-order valence-electron chi connectivity index (χ0n) is 10.0. The Hall–Kier alpha value is -2.11. The van der Waals surface area contributed by atoms with Crippen molar-refractivity contribution in [2.75, 3.05) is 18.0 Å². The molecule has 2 atom stereocenters. The van der Waals surface area contributed by atoms with Crippen LogP contribution in [0.5, 0.6) is 0 Å². The predicted octanol–water partition coefficient (Wildman–Crippen LogP) is 0.337. The maximum atomic E-state index is 11.1. The zero-order valence-corrected chi connectivity index (χ0v) is 10.0. The van der Waals surface area contributed by atoms with Crippen LogP contribution in [0.4, 0.5) is 5.82 Å². The Morgan fingerprint density at radius 1 is 1.50 bits per heavy atom. The summed E-state index contributed by atoms with van der Waals surface area (Å²) >= 11 is 0. The summed E-state index contributed by atoms with van der Waals surface area (Å²) in [5.74, 6) is -1.05. The molecule has 0 aromatic carbocycles. The van der Waals surface area contributed by atoms with Crippen molar-refractivity contribution < 1.29 is 14.7 Å². The molecule has 1 amide bonds. The number of primary amides is 1. The van der Waals surface area contributed by atoms with Gasteiger partial charge in [-0.3, -0.25) is 9.59 Å². The lowest BCUT2D eigenvalue weighted by Gasteiger charge is -2.17. The van der Waals surface area contributed by atoms with Crippen LogP contribution in [0.25, 0.3) is 0 Å². The van der Waals surface area contributed by atoms with Crippen LogP contribution in [0.15, 0.2) is 18.3 Å². The van der Waals surface area contributed by atoms with E-state index in [0.29, 0.717) is 24.5 Å². The van der Waals surface area contributed by atoms with Crippen molar-refractivity contribution in [2.24, 2.45) is 17.6 Å². The highest BCUT2D eigenvalue weighted by atomic mass is 16.4. The summed E-state index contributed by atoms with van der Waals surface area (Å²) < 4.78 is 0. The molecule has 0 bridgehead atoms. The van der Waals surface area contributed by atoms with Gasteiger partial charge in [0.1, 0.15) is 5.82 Å². The molecule has 0 radical (unpaired) electrons. The highest BCUT2D eigenvalue weighted by Gasteiger charge is 2.35. The summed E-state index contributed by atoms with van der Waals surface area (Å²) in [6.07, 6.45) is 1.51. The first kappa shape index (κ1) is 12.3. The lowest BCUT2D eigenvalue weighted by molar-refractivity contribution is -0.142. The van der Waals surface area contributed by atoms with Crippen molar-refractivity contribution in [3.8, 4) is 0 Å². The standard InChI is InChI=1S/C12H15N3O3/c1-7-5-15(6-9(7)12(17)18)10-4-8(11(13)16)2-3-14-10/h2-4,7,9H,5-6H2,1H3,(H2,13,16)(H,17,18)/t7-,9-/m1/s1. The first-order valence-electron chi connectivity index (χ1n) is 5.72. The third-order valence-electron chi connectivity index (χ3n) is 3.28. The highest BCUT2D eigenvalue weighted by molar-refractivity contribution is 5.93. The molecule has 6 heteroatoms. The average molecular weight is 249 g/mol. The fourth-order valence-electron chi connectivity index (χ4n) is 2.22. The van der Waals surface area contributed by atoms with Gasteiger partial charge in [-0.1, -0.05) is 6.92 Å². The van der Waals surface area contributed by atoms with Gasteiger partial charge in [-0.15, -0.1) is 0 Å². The third-order valence-corrected chi connectivity index (χ3v) is 3.28. The second-order valence-electron chi connectivity index (χ2n) is 4.59. The van der Waals surface area contributed by atoms with Crippen LogP contribution in [0.3, 0.4) is 0 Å². The number of carboxylic acids is 1. The Morgan fingerprint density at radius 3 is 2.78 bits per heavy atom. The van der Waals surface area contributed by atoms with E-state index in [1.807, 2.05) is 11.8 Å². The van der Waals surface area contributed by atoms with Gasteiger partial charge in [0.2, 0.25) is 5.91 Å². The second kappa shape index (κ2) is 4.64. The van der Waals surface area contributed by atoms with Crippen LogP contribution in [0, 0.1) is 11.8 Å². The minimum Gasteiger partial charge on any atom is -0.481 e. The predicted molar refractivity (Wildman–Crippen MR) is 65.3 cm³/mol. The molecular formula is C12H15N3O3. The molecule has 2 rings (SSSR count). The molecule has 1 saturated heterocycles. The van der Waals surface area contributed by atoms with E-state index in [1.54, 1.807) is 12.1 Å². The van der Waals surface area contributed by atoms with E-state index in [-0.39, 0.29) is 5.92 Å². The highest BCUT2D eigenvalue weighted by Crippen LogP contribution is 2.27. The lowest BCUT2D eigenvalue weighted by Crippen LogP contribution is -2.24. The summed E-state index contributed by atoms with van der Waals surface area (Å²) in [4.78, 5) is 28.2. The van der Waals surface area contributed by atoms with Gasteiger partial charge in [0.15, 0.2) is 0 Å². The van der Waals surface area contributed by atoms with Gasteiger partial charge < -0.3 is 15.7 Å². The van der Waals surface area contributed by atoms with Gasteiger partial charge in [0.05, 0.1) is 5.92 Å². The number of carbonyl (C=O) groups is 2. The minimum atomic E-state index is -0.795. The number of anilines is 1. The summed E-state index contributed by atoms with van der Waals surface area (Å²) in [5.41, 5.74) is 5.59. The van der Waals surface area contributed by atoms with E-state index in [0.717, 1.165) is 0 Å². The van der Waals surface area contributed by atoms with Crippen LogP contribution < -0.4 is 10.6 Å². The van der Waals surface area contributed by atoms with Crippen molar-refractivity contribution in [3.63, 3.8) is 0 Å². The maximum absolute atomic E-state index is 11.1. The molecule has 1 aromatic rings. The number of aliphatic carboxylic acids is 1. The first-order chi connectivity index (χ1) is 8.49. The van der Waals surface area contributed by atoms with E-state index in [1.165, 1.54) is 6.20 Å². The van der Waals surface area contributed by atoms with Gasteiger partial charge >= 0.3 is 5.97 Å². The SMILES string of the molecule is C[C@@H]1CN(c2cc(C(N)=O)ccn2)C[C@H]1C(=O)O.